The number of carbonyl (C=O) groups excluding carboxylic acids is 1. The van der Waals surface area contributed by atoms with E-state index in [0.29, 0.717) is 38.4 Å². The second-order valence-corrected chi connectivity index (χ2v) is 9.38. The number of benzene rings is 4. The van der Waals surface area contributed by atoms with Crippen molar-refractivity contribution in [1.29, 1.82) is 0 Å². The van der Waals surface area contributed by atoms with E-state index in [-0.39, 0.29) is 12.5 Å². The number of pyridine rings is 1. The predicted octanol–water partition coefficient (Wildman–Crippen LogP) is 7.56. The summed E-state index contributed by atoms with van der Waals surface area (Å²) in [6, 6.07) is 29.6. The number of rotatable bonds is 8. The van der Waals surface area contributed by atoms with Gasteiger partial charge in [-0.3, -0.25) is 4.79 Å². The third kappa shape index (κ3) is 6.03. The lowest BCUT2D eigenvalue weighted by molar-refractivity contribution is 0.0956. The molecule has 0 spiro atoms. The van der Waals surface area contributed by atoms with Crippen LogP contribution in [0.3, 0.4) is 0 Å². The summed E-state index contributed by atoms with van der Waals surface area (Å²) in [5.74, 6) is 0.619. The van der Waals surface area contributed by atoms with Crippen LogP contribution in [0.25, 0.3) is 22.2 Å². The van der Waals surface area contributed by atoms with Crippen LogP contribution in [-0.4, -0.2) is 24.2 Å². The van der Waals surface area contributed by atoms with Gasteiger partial charge in [-0.05, 0) is 36.4 Å². The molecule has 8 heteroatoms. The van der Waals surface area contributed by atoms with Gasteiger partial charge >= 0.3 is 0 Å². The second kappa shape index (κ2) is 12.0. The first-order chi connectivity index (χ1) is 19.0. The number of hydrogen-bond acceptors (Lipinski definition) is 5. The van der Waals surface area contributed by atoms with Gasteiger partial charge < -0.3 is 9.47 Å². The van der Waals surface area contributed by atoms with Gasteiger partial charge in [0.15, 0.2) is 11.5 Å². The van der Waals surface area contributed by atoms with E-state index in [9.17, 15) is 4.79 Å². The maximum absolute atomic E-state index is 13.3. The van der Waals surface area contributed by atoms with E-state index in [2.05, 4.69) is 10.5 Å². The fourth-order valence-corrected chi connectivity index (χ4v) is 4.54. The summed E-state index contributed by atoms with van der Waals surface area (Å²) >= 11 is 12.3. The van der Waals surface area contributed by atoms with Crippen LogP contribution in [0.15, 0.2) is 102 Å². The summed E-state index contributed by atoms with van der Waals surface area (Å²) < 4.78 is 11.6. The van der Waals surface area contributed by atoms with Crippen LogP contribution in [0, 0.1) is 0 Å². The highest BCUT2D eigenvalue weighted by Crippen LogP contribution is 2.32. The molecule has 1 heterocycles. The molecule has 0 radical (unpaired) electrons. The van der Waals surface area contributed by atoms with Crippen molar-refractivity contribution in [3.05, 3.63) is 124 Å². The standard InChI is InChI=1S/C31H23Cl2N3O3/c1-38-29-13-7-10-21(30(29)39-19-22-14-15-23(32)16-26(22)33)18-34-36-31(37)25-17-28(20-8-3-2-4-9-20)35-27-12-6-5-11-24(25)27/h2-18H,19H2,1H3,(H,36,37)/b34-18-. The lowest BCUT2D eigenvalue weighted by Gasteiger charge is -2.14. The summed E-state index contributed by atoms with van der Waals surface area (Å²) in [6.07, 6.45) is 1.51. The first kappa shape index (κ1) is 26.2. The average Bonchev–Trinajstić information content (AvgIpc) is 2.96. The minimum absolute atomic E-state index is 0.189. The lowest BCUT2D eigenvalue weighted by Crippen LogP contribution is -2.18. The zero-order valence-electron chi connectivity index (χ0n) is 20.9. The number of carbonyl (C=O) groups is 1. The fraction of sp³-hybridized carbons (Fsp3) is 0.0645. The SMILES string of the molecule is COc1cccc(/C=N\NC(=O)c2cc(-c3ccccc3)nc3ccccc23)c1OCc1ccc(Cl)cc1Cl. The summed E-state index contributed by atoms with van der Waals surface area (Å²) in [4.78, 5) is 18.0. The monoisotopic (exact) mass is 555 g/mol. The van der Waals surface area contributed by atoms with E-state index in [1.807, 2.05) is 66.7 Å². The molecule has 4 aromatic carbocycles. The van der Waals surface area contributed by atoms with E-state index in [1.165, 1.54) is 6.21 Å². The average molecular weight is 556 g/mol. The molecule has 0 aliphatic rings. The molecule has 0 unspecified atom stereocenters. The van der Waals surface area contributed by atoms with E-state index < -0.39 is 0 Å². The Kier molecular flexibility index (Phi) is 8.06. The molecule has 6 nitrogen and oxygen atoms in total. The lowest BCUT2D eigenvalue weighted by atomic mass is 10.0. The Balaban J connectivity index is 1.40. The number of ether oxygens (including phenoxy) is 2. The Bertz CT molecular complexity index is 1670. The van der Waals surface area contributed by atoms with Crippen LogP contribution < -0.4 is 14.9 Å². The third-order valence-corrected chi connectivity index (χ3v) is 6.60. The van der Waals surface area contributed by atoms with Gasteiger partial charge in [0.2, 0.25) is 0 Å². The van der Waals surface area contributed by atoms with Gasteiger partial charge in [-0.1, -0.05) is 83.9 Å². The Morgan fingerprint density at radius 1 is 0.949 bits per heavy atom. The van der Waals surface area contributed by atoms with E-state index >= 15 is 0 Å². The molecule has 0 saturated carbocycles. The van der Waals surface area contributed by atoms with Gasteiger partial charge in [-0.2, -0.15) is 5.10 Å². The third-order valence-electron chi connectivity index (χ3n) is 6.02. The number of para-hydroxylation sites is 2. The molecule has 1 amide bonds. The Morgan fingerprint density at radius 3 is 2.54 bits per heavy atom. The van der Waals surface area contributed by atoms with Gasteiger partial charge in [-0.15, -0.1) is 0 Å². The molecule has 39 heavy (non-hydrogen) atoms. The van der Waals surface area contributed by atoms with Gasteiger partial charge in [0.05, 0.1) is 30.1 Å². The molecule has 0 atom stereocenters. The van der Waals surface area contributed by atoms with Crippen LogP contribution in [0.1, 0.15) is 21.5 Å². The second-order valence-electron chi connectivity index (χ2n) is 8.54. The molecule has 0 aliphatic heterocycles. The summed E-state index contributed by atoms with van der Waals surface area (Å²) in [5.41, 5.74) is 6.83. The number of methoxy groups -OCH3 is 1. The van der Waals surface area contributed by atoms with Crippen molar-refractivity contribution in [2.24, 2.45) is 5.10 Å². The normalized spacial score (nSPS) is 11.1. The van der Waals surface area contributed by atoms with Crippen LogP contribution in [0.2, 0.25) is 10.0 Å². The largest absolute Gasteiger partial charge is 0.493 e. The van der Waals surface area contributed by atoms with Crippen LogP contribution >= 0.6 is 23.2 Å². The Hall–Kier alpha value is -4.39. The summed E-state index contributed by atoms with van der Waals surface area (Å²) in [7, 11) is 1.55. The molecule has 0 saturated heterocycles. The van der Waals surface area contributed by atoms with Crippen molar-refractivity contribution < 1.29 is 14.3 Å². The molecule has 194 valence electrons. The van der Waals surface area contributed by atoms with Crippen molar-refractivity contribution in [3.63, 3.8) is 0 Å². The maximum atomic E-state index is 13.3. The molecule has 0 fully saturated rings. The Morgan fingerprint density at radius 2 is 1.74 bits per heavy atom. The zero-order chi connectivity index (χ0) is 27.2. The maximum Gasteiger partial charge on any atom is 0.272 e. The highest BCUT2D eigenvalue weighted by atomic mass is 35.5. The zero-order valence-corrected chi connectivity index (χ0v) is 22.4. The van der Waals surface area contributed by atoms with Crippen molar-refractivity contribution in [1.82, 2.24) is 10.4 Å². The number of fused-ring (bicyclic) bond motifs is 1. The molecule has 1 aromatic heterocycles. The first-order valence-corrected chi connectivity index (χ1v) is 12.8. The molecule has 1 N–H and O–H groups in total. The van der Waals surface area contributed by atoms with Gasteiger partial charge in [0, 0.05) is 32.1 Å². The van der Waals surface area contributed by atoms with Crippen molar-refractivity contribution in [2.45, 2.75) is 6.61 Å². The number of nitrogens with one attached hydrogen (secondary N) is 1. The Labute approximate surface area is 235 Å². The van der Waals surface area contributed by atoms with Gasteiger partial charge in [0.1, 0.15) is 6.61 Å². The van der Waals surface area contributed by atoms with Gasteiger partial charge in [0.25, 0.3) is 5.91 Å². The first-order valence-electron chi connectivity index (χ1n) is 12.1. The highest BCUT2D eigenvalue weighted by molar-refractivity contribution is 6.35. The van der Waals surface area contributed by atoms with Gasteiger partial charge in [-0.25, -0.2) is 10.4 Å². The number of halogens is 2. The number of hydrogen-bond donors (Lipinski definition) is 1. The number of amides is 1. The molecular weight excluding hydrogens is 533 g/mol. The van der Waals surface area contributed by atoms with E-state index in [0.717, 1.165) is 22.0 Å². The minimum atomic E-state index is -0.361. The van der Waals surface area contributed by atoms with Crippen LogP contribution in [0.5, 0.6) is 11.5 Å². The van der Waals surface area contributed by atoms with E-state index in [1.54, 1.807) is 37.4 Å². The number of aromatic nitrogens is 1. The molecule has 0 bridgehead atoms. The van der Waals surface area contributed by atoms with Crippen molar-refractivity contribution >= 4 is 46.2 Å². The predicted molar refractivity (Wildman–Crippen MR) is 156 cm³/mol. The minimum Gasteiger partial charge on any atom is -0.493 e. The summed E-state index contributed by atoms with van der Waals surface area (Å²) in [5, 5.41) is 6.00. The fourth-order valence-electron chi connectivity index (χ4n) is 4.08. The van der Waals surface area contributed by atoms with Crippen LogP contribution in [0.4, 0.5) is 0 Å². The van der Waals surface area contributed by atoms with Crippen molar-refractivity contribution in [3.8, 4) is 22.8 Å². The molecular formula is C31H23Cl2N3O3. The molecule has 0 aliphatic carbocycles. The smallest absolute Gasteiger partial charge is 0.272 e. The van der Waals surface area contributed by atoms with E-state index in [4.69, 9.17) is 37.7 Å². The number of nitrogens with zero attached hydrogens (tertiary/aromatic N) is 2. The topological polar surface area (TPSA) is 72.8 Å². The van der Waals surface area contributed by atoms with Crippen LogP contribution in [-0.2, 0) is 6.61 Å². The molecule has 5 rings (SSSR count). The highest BCUT2D eigenvalue weighted by Gasteiger charge is 2.15. The molecule has 5 aromatic rings. The number of hydrazone groups is 1. The quantitative estimate of drug-likeness (QED) is 0.158. The summed E-state index contributed by atoms with van der Waals surface area (Å²) in [6.45, 7) is 0.189. The van der Waals surface area contributed by atoms with Crippen molar-refractivity contribution in [2.75, 3.05) is 7.11 Å².